The maximum atomic E-state index is 12.6. The van der Waals surface area contributed by atoms with Crippen LogP contribution in [0.4, 0.5) is 0 Å². The van der Waals surface area contributed by atoms with E-state index in [0.29, 0.717) is 5.16 Å². The Labute approximate surface area is 136 Å². The topological polar surface area (TPSA) is 82.0 Å². The van der Waals surface area contributed by atoms with Gasteiger partial charge in [-0.25, -0.2) is 19.7 Å². The Balaban J connectivity index is 2.54. The highest BCUT2D eigenvalue weighted by molar-refractivity contribution is 7.98. The molecule has 0 radical (unpaired) electrons. The predicted octanol–water partition coefficient (Wildman–Crippen LogP) is 2.65. The van der Waals surface area contributed by atoms with Crippen molar-refractivity contribution in [1.29, 1.82) is 0 Å². The lowest BCUT2D eigenvalue weighted by atomic mass is 10.1. The Hall–Kier alpha value is -1.99. The van der Waals surface area contributed by atoms with Gasteiger partial charge in [0.25, 0.3) is 0 Å². The number of hydrogen-bond acceptors (Lipinski definition) is 7. The quantitative estimate of drug-likeness (QED) is 0.273. The molecule has 2 aromatic heterocycles. The lowest BCUT2D eigenvalue weighted by Crippen LogP contribution is -2.16. The number of thioether (sulfide) groups is 1. The zero-order valence-corrected chi connectivity index (χ0v) is 13.4. The third kappa shape index (κ3) is 3.42. The number of esters is 1. The number of ether oxygens (including phenoxy) is 1. The monoisotopic (exact) mass is 337 g/mol. The molecule has 22 heavy (non-hydrogen) atoms. The van der Waals surface area contributed by atoms with Crippen LogP contribution in [0, 0.1) is 0 Å². The van der Waals surface area contributed by atoms with E-state index in [1.807, 2.05) is 0 Å². The largest absolute Gasteiger partial charge is 0.462 e. The van der Waals surface area contributed by atoms with Gasteiger partial charge < -0.3 is 4.74 Å². The first-order valence-electron chi connectivity index (χ1n) is 6.31. The van der Waals surface area contributed by atoms with Gasteiger partial charge in [-0.05, 0) is 25.3 Å². The molecule has 0 aliphatic carbocycles. The molecule has 2 heterocycles. The molecule has 0 aliphatic heterocycles. The summed E-state index contributed by atoms with van der Waals surface area (Å²) >= 11 is 7.20. The average molecular weight is 338 g/mol. The summed E-state index contributed by atoms with van der Waals surface area (Å²) in [5.74, 6) is -1.16. The second kappa shape index (κ2) is 7.33. The van der Waals surface area contributed by atoms with Gasteiger partial charge in [0, 0.05) is 12.4 Å². The van der Waals surface area contributed by atoms with E-state index in [1.165, 1.54) is 30.2 Å². The van der Waals surface area contributed by atoms with Crippen LogP contribution in [0.5, 0.6) is 0 Å². The molecule has 0 unspecified atom stereocenters. The van der Waals surface area contributed by atoms with Crippen molar-refractivity contribution in [3.05, 3.63) is 46.5 Å². The number of hydrogen-bond donors (Lipinski definition) is 0. The zero-order valence-electron chi connectivity index (χ0n) is 11.9. The van der Waals surface area contributed by atoms with Crippen LogP contribution < -0.4 is 0 Å². The molecule has 0 N–H and O–H groups in total. The Kier molecular flexibility index (Phi) is 5.46. The van der Waals surface area contributed by atoms with Crippen LogP contribution in [-0.2, 0) is 4.74 Å². The standard InChI is InChI=1S/C14H12ClN3O3S/c1-3-21-13(20)9-7-17-14(22-2)18-10(9)11(19)8-5-4-6-16-12(8)15/h4-7H,3H2,1-2H3. The Bertz CT molecular complexity index is 724. The van der Waals surface area contributed by atoms with Crippen LogP contribution in [0.25, 0.3) is 0 Å². The van der Waals surface area contributed by atoms with E-state index in [9.17, 15) is 9.59 Å². The van der Waals surface area contributed by atoms with Gasteiger partial charge >= 0.3 is 5.97 Å². The van der Waals surface area contributed by atoms with Crippen molar-refractivity contribution in [1.82, 2.24) is 15.0 Å². The van der Waals surface area contributed by atoms with Crippen molar-refractivity contribution in [2.24, 2.45) is 0 Å². The fraction of sp³-hybridized carbons (Fsp3) is 0.214. The van der Waals surface area contributed by atoms with E-state index in [-0.39, 0.29) is 28.6 Å². The normalized spacial score (nSPS) is 10.3. The molecule has 2 rings (SSSR count). The molecule has 8 heteroatoms. The summed E-state index contributed by atoms with van der Waals surface area (Å²) in [6, 6.07) is 3.10. The predicted molar refractivity (Wildman–Crippen MR) is 82.4 cm³/mol. The van der Waals surface area contributed by atoms with Crippen LogP contribution in [0.15, 0.2) is 29.7 Å². The molecule has 0 aliphatic rings. The van der Waals surface area contributed by atoms with E-state index in [2.05, 4.69) is 15.0 Å². The van der Waals surface area contributed by atoms with E-state index in [4.69, 9.17) is 16.3 Å². The van der Waals surface area contributed by atoms with Crippen molar-refractivity contribution >= 4 is 35.1 Å². The summed E-state index contributed by atoms with van der Waals surface area (Å²) in [5.41, 5.74) is 0.123. The van der Waals surface area contributed by atoms with Gasteiger partial charge in [0.15, 0.2) is 5.16 Å². The summed E-state index contributed by atoms with van der Waals surface area (Å²) in [6.07, 6.45) is 4.53. The van der Waals surface area contributed by atoms with E-state index in [0.717, 1.165) is 0 Å². The first-order valence-corrected chi connectivity index (χ1v) is 7.92. The van der Waals surface area contributed by atoms with Crippen LogP contribution in [0.1, 0.15) is 33.3 Å². The van der Waals surface area contributed by atoms with Gasteiger partial charge in [-0.15, -0.1) is 0 Å². The highest BCUT2D eigenvalue weighted by Crippen LogP contribution is 2.20. The molecule has 6 nitrogen and oxygen atoms in total. The summed E-state index contributed by atoms with van der Waals surface area (Å²) in [5, 5.41) is 0.419. The average Bonchev–Trinajstić information content (AvgIpc) is 2.54. The van der Waals surface area contributed by atoms with Gasteiger partial charge in [-0.1, -0.05) is 23.4 Å². The van der Waals surface area contributed by atoms with Crippen LogP contribution in [-0.4, -0.2) is 39.6 Å². The van der Waals surface area contributed by atoms with Gasteiger partial charge in [0.2, 0.25) is 5.78 Å². The summed E-state index contributed by atoms with van der Waals surface area (Å²) in [4.78, 5) is 36.6. The van der Waals surface area contributed by atoms with Crippen molar-refractivity contribution in [3.8, 4) is 0 Å². The molecule has 0 saturated heterocycles. The molecule has 0 spiro atoms. The fourth-order valence-corrected chi connectivity index (χ4v) is 2.22. The van der Waals surface area contributed by atoms with Crippen molar-refractivity contribution in [3.63, 3.8) is 0 Å². The van der Waals surface area contributed by atoms with Crippen molar-refractivity contribution < 1.29 is 14.3 Å². The Morgan fingerprint density at radius 3 is 2.73 bits per heavy atom. The second-order valence-corrected chi connectivity index (χ2v) is 5.14. The van der Waals surface area contributed by atoms with Gasteiger partial charge in [0.05, 0.1) is 12.2 Å². The molecular formula is C14H12ClN3O3S. The number of carbonyl (C=O) groups is 2. The summed E-state index contributed by atoms with van der Waals surface area (Å²) in [6.45, 7) is 1.86. The smallest absolute Gasteiger partial charge is 0.342 e. The van der Waals surface area contributed by atoms with E-state index in [1.54, 1.807) is 19.2 Å². The highest BCUT2D eigenvalue weighted by atomic mass is 35.5. The number of rotatable bonds is 5. The first kappa shape index (κ1) is 16.4. The maximum Gasteiger partial charge on any atom is 0.342 e. The van der Waals surface area contributed by atoms with E-state index >= 15 is 0 Å². The highest BCUT2D eigenvalue weighted by Gasteiger charge is 2.24. The molecular weight excluding hydrogens is 326 g/mol. The van der Waals surface area contributed by atoms with Crippen molar-refractivity contribution in [2.45, 2.75) is 12.1 Å². The first-order chi connectivity index (χ1) is 10.6. The third-order valence-corrected chi connectivity index (χ3v) is 3.53. The lowest BCUT2D eigenvalue weighted by Gasteiger charge is -2.08. The van der Waals surface area contributed by atoms with Crippen LogP contribution in [0.2, 0.25) is 5.15 Å². The minimum absolute atomic E-state index is 0.00423. The molecule has 114 valence electrons. The van der Waals surface area contributed by atoms with Gasteiger partial charge in [-0.3, -0.25) is 4.79 Å². The van der Waals surface area contributed by atoms with Gasteiger partial charge in [-0.2, -0.15) is 0 Å². The minimum Gasteiger partial charge on any atom is -0.462 e. The van der Waals surface area contributed by atoms with Crippen LogP contribution in [0.3, 0.4) is 0 Å². The molecule has 0 amide bonds. The lowest BCUT2D eigenvalue weighted by molar-refractivity contribution is 0.0522. The Morgan fingerprint density at radius 1 is 1.32 bits per heavy atom. The second-order valence-electron chi connectivity index (χ2n) is 4.01. The summed E-state index contributed by atoms with van der Waals surface area (Å²) < 4.78 is 4.93. The SMILES string of the molecule is CCOC(=O)c1cnc(SC)nc1C(=O)c1cccnc1Cl. The van der Waals surface area contributed by atoms with Crippen molar-refractivity contribution in [2.75, 3.05) is 12.9 Å². The molecule has 0 bridgehead atoms. The third-order valence-electron chi connectivity index (χ3n) is 2.66. The molecule has 0 saturated carbocycles. The molecule has 0 atom stereocenters. The molecule has 0 aromatic carbocycles. The van der Waals surface area contributed by atoms with E-state index < -0.39 is 11.8 Å². The zero-order chi connectivity index (χ0) is 16.1. The fourth-order valence-electron chi connectivity index (χ4n) is 1.68. The number of pyridine rings is 1. The minimum atomic E-state index is -0.654. The van der Waals surface area contributed by atoms with Gasteiger partial charge in [0.1, 0.15) is 16.4 Å². The number of halogens is 1. The molecule has 2 aromatic rings. The summed E-state index contributed by atoms with van der Waals surface area (Å²) in [7, 11) is 0. The van der Waals surface area contributed by atoms with Crippen LogP contribution >= 0.6 is 23.4 Å². The number of carbonyl (C=O) groups excluding carboxylic acids is 2. The molecule has 0 fully saturated rings. The maximum absolute atomic E-state index is 12.6. The number of ketones is 1. The number of nitrogens with zero attached hydrogens (tertiary/aromatic N) is 3. The number of aromatic nitrogens is 3. The Morgan fingerprint density at radius 2 is 2.09 bits per heavy atom.